The lowest BCUT2D eigenvalue weighted by Crippen LogP contribution is -2.03. The smallest absolute Gasteiger partial charge is 0.303 e. The van der Waals surface area contributed by atoms with E-state index in [-0.39, 0.29) is 37.2 Å². The second kappa shape index (κ2) is 10.0. The third kappa shape index (κ3) is 5.59. The molecule has 0 aliphatic carbocycles. The first-order valence-corrected chi connectivity index (χ1v) is 11.9. The molecule has 4 aromatic rings. The van der Waals surface area contributed by atoms with Gasteiger partial charge in [-0.05, 0) is 35.4 Å². The molecule has 172 valence electrons. The van der Waals surface area contributed by atoms with Crippen LogP contribution in [-0.2, 0) is 9.59 Å². The molecule has 8 nitrogen and oxygen atoms in total. The summed E-state index contributed by atoms with van der Waals surface area (Å²) in [7, 11) is 0. The quantitative estimate of drug-likeness (QED) is 0.228. The number of carbonyl (C=O) groups is 4. The van der Waals surface area contributed by atoms with Crippen molar-refractivity contribution in [2.45, 2.75) is 25.7 Å². The zero-order valence-corrected chi connectivity index (χ0v) is 19.3. The lowest BCUT2D eigenvalue weighted by atomic mass is 10.1. The first-order valence-electron chi connectivity index (χ1n) is 10.3. The van der Waals surface area contributed by atoms with Gasteiger partial charge < -0.3 is 10.2 Å². The molecule has 0 bridgehead atoms. The van der Waals surface area contributed by atoms with Crippen LogP contribution in [0.3, 0.4) is 0 Å². The molecule has 34 heavy (non-hydrogen) atoms. The molecule has 4 rings (SSSR count). The number of carboxylic acids is 2. The zero-order chi connectivity index (χ0) is 24.2. The molecular formula is C24H18N2O6S2. The van der Waals surface area contributed by atoms with Crippen molar-refractivity contribution in [3.63, 3.8) is 0 Å². The van der Waals surface area contributed by atoms with Gasteiger partial charge >= 0.3 is 11.9 Å². The summed E-state index contributed by atoms with van der Waals surface area (Å²) in [5.74, 6) is -2.59. The molecule has 0 fully saturated rings. The van der Waals surface area contributed by atoms with Gasteiger partial charge in [0.05, 0.1) is 33.3 Å². The number of nitrogens with zero attached hydrogens (tertiary/aromatic N) is 2. The molecule has 0 atom stereocenters. The number of thiazole rings is 2. The summed E-state index contributed by atoms with van der Waals surface area (Å²) in [6, 6.07) is 11.2. The van der Waals surface area contributed by atoms with Crippen LogP contribution in [0.15, 0.2) is 36.4 Å². The molecular weight excluding hydrogens is 476 g/mol. The summed E-state index contributed by atoms with van der Waals surface area (Å²) >= 11 is 2.49. The number of fused-ring (bicyclic) bond motifs is 2. The molecule has 2 aromatic carbocycles. The van der Waals surface area contributed by atoms with Crippen LogP contribution in [0.4, 0.5) is 0 Å². The minimum absolute atomic E-state index is 0.0746. The fourth-order valence-corrected chi connectivity index (χ4v) is 5.14. The average molecular weight is 495 g/mol. The Kier molecular flexibility index (Phi) is 6.90. The topological polar surface area (TPSA) is 135 Å². The summed E-state index contributed by atoms with van der Waals surface area (Å²) in [6.45, 7) is 0. The minimum Gasteiger partial charge on any atom is -0.481 e. The number of hydrogen-bond donors (Lipinski definition) is 2. The molecule has 0 amide bonds. The van der Waals surface area contributed by atoms with Crippen molar-refractivity contribution in [2.75, 3.05) is 0 Å². The molecule has 0 radical (unpaired) electrons. The van der Waals surface area contributed by atoms with Gasteiger partial charge in [0.1, 0.15) is 0 Å². The van der Waals surface area contributed by atoms with E-state index in [0.29, 0.717) is 21.0 Å². The van der Waals surface area contributed by atoms with E-state index in [1.54, 1.807) is 0 Å². The maximum Gasteiger partial charge on any atom is 0.303 e. The van der Waals surface area contributed by atoms with Crippen LogP contribution in [0.1, 0.15) is 56.4 Å². The van der Waals surface area contributed by atoms with Gasteiger partial charge in [-0.1, -0.05) is 24.3 Å². The number of rotatable bonds is 10. The van der Waals surface area contributed by atoms with Gasteiger partial charge in [0.15, 0.2) is 21.6 Å². The maximum atomic E-state index is 12.2. The molecule has 0 saturated heterocycles. The number of ketones is 2. The summed E-state index contributed by atoms with van der Waals surface area (Å²) in [5, 5.41) is 18.1. The Hall–Kier alpha value is -3.76. The van der Waals surface area contributed by atoms with Crippen LogP contribution >= 0.6 is 22.7 Å². The van der Waals surface area contributed by atoms with Crippen molar-refractivity contribution < 1.29 is 29.4 Å². The normalized spacial score (nSPS) is 11.4. The van der Waals surface area contributed by atoms with Gasteiger partial charge in [0, 0.05) is 12.8 Å². The fourth-order valence-electron chi connectivity index (χ4n) is 3.18. The van der Waals surface area contributed by atoms with Crippen molar-refractivity contribution in [1.82, 2.24) is 9.97 Å². The predicted octanol–water partition coefficient (Wildman–Crippen LogP) is 5.17. The Bertz CT molecular complexity index is 1360. The average Bonchev–Trinajstić information content (AvgIpc) is 3.43. The zero-order valence-electron chi connectivity index (χ0n) is 17.7. The first kappa shape index (κ1) is 23.4. The van der Waals surface area contributed by atoms with Gasteiger partial charge in [-0.2, -0.15) is 0 Å². The summed E-state index contributed by atoms with van der Waals surface area (Å²) < 4.78 is 1.67. The van der Waals surface area contributed by atoms with E-state index in [0.717, 1.165) is 20.5 Å². The van der Waals surface area contributed by atoms with E-state index >= 15 is 0 Å². The van der Waals surface area contributed by atoms with Gasteiger partial charge in [-0.3, -0.25) is 19.2 Å². The van der Waals surface area contributed by atoms with Crippen LogP contribution in [0, 0.1) is 0 Å². The summed E-state index contributed by atoms with van der Waals surface area (Å²) in [5.41, 5.74) is 3.20. The predicted molar refractivity (Wildman–Crippen MR) is 131 cm³/mol. The minimum atomic E-state index is -1.01. The molecule has 0 aliphatic rings. The second-order valence-electron chi connectivity index (χ2n) is 7.46. The van der Waals surface area contributed by atoms with Gasteiger partial charge in [0.2, 0.25) is 0 Å². The Balaban J connectivity index is 1.49. The molecule has 2 N–H and O–H groups in total. The molecule has 2 aromatic heterocycles. The van der Waals surface area contributed by atoms with E-state index < -0.39 is 11.9 Å². The lowest BCUT2D eigenvalue weighted by molar-refractivity contribution is -0.137. The second-order valence-corrected chi connectivity index (χ2v) is 9.52. The monoisotopic (exact) mass is 494 g/mol. The maximum absolute atomic E-state index is 12.2. The van der Waals surface area contributed by atoms with Crippen molar-refractivity contribution in [2.24, 2.45) is 0 Å². The Morgan fingerprint density at radius 1 is 0.676 bits per heavy atom. The summed E-state index contributed by atoms with van der Waals surface area (Å²) in [4.78, 5) is 54.3. The van der Waals surface area contributed by atoms with E-state index in [1.165, 1.54) is 22.7 Å². The molecule has 0 unspecified atom stereocenters. The number of hydrogen-bond acceptors (Lipinski definition) is 8. The number of carbonyl (C=O) groups excluding carboxylic acids is 2. The number of Topliss-reactive ketones (excluding diaryl/α,β-unsaturated/α-hetero) is 2. The van der Waals surface area contributed by atoms with E-state index in [4.69, 9.17) is 10.2 Å². The number of benzene rings is 2. The third-order valence-corrected chi connectivity index (χ3v) is 7.02. The highest BCUT2D eigenvalue weighted by atomic mass is 32.1. The van der Waals surface area contributed by atoms with Gasteiger partial charge in [-0.15, -0.1) is 22.7 Å². The number of carboxylic acid groups (broad SMARTS) is 2. The first-order chi connectivity index (χ1) is 16.3. The van der Waals surface area contributed by atoms with Crippen LogP contribution < -0.4 is 0 Å². The number of aliphatic carboxylic acids is 2. The van der Waals surface area contributed by atoms with Crippen LogP contribution in [0.25, 0.3) is 32.6 Å². The van der Waals surface area contributed by atoms with E-state index in [9.17, 15) is 19.2 Å². The van der Waals surface area contributed by atoms with E-state index in [2.05, 4.69) is 9.97 Å². The molecule has 10 heteroatoms. The SMILES string of the molecule is O=C(O)CCC(=O)c1nc2ccc(/C=C\c3ccc4nc(C(=O)CCC(=O)O)sc4c3)cc2s1. The van der Waals surface area contributed by atoms with Crippen molar-refractivity contribution in [1.29, 1.82) is 0 Å². The van der Waals surface area contributed by atoms with Crippen LogP contribution in [0.2, 0.25) is 0 Å². The molecule has 0 saturated carbocycles. The van der Waals surface area contributed by atoms with Crippen LogP contribution in [0.5, 0.6) is 0 Å². The molecule has 0 spiro atoms. The van der Waals surface area contributed by atoms with Crippen molar-refractivity contribution >= 4 is 78.8 Å². The molecule has 2 heterocycles. The van der Waals surface area contributed by atoms with Gasteiger partial charge in [0.25, 0.3) is 0 Å². The van der Waals surface area contributed by atoms with E-state index in [1.807, 2.05) is 48.6 Å². The Morgan fingerprint density at radius 3 is 1.47 bits per heavy atom. The standard InChI is InChI=1S/C24H18N2O6S2/c27-17(7-9-21(29)30)23-25-15-5-3-13(11-19(15)33-23)1-2-14-4-6-16-20(12-14)34-24(26-16)18(28)8-10-22(31)32/h1-6,11-12H,7-10H2,(H,29,30)(H,31,32)/b2-1-. The highest BCUT2D eigenvalue weighted by Gasteiger charge is 2.15. The van der Waals surface area contributed by atoms with Crippen molar-refractivity contribution in [3.8, 4) is 0 Å². The fraction of sp³-hybridized carbons (Fsp3) is 0.167. The third-order valence-electron chi connectivity index (χ3n) is 4.90. The largest absolute Gasteiger partial charge is 0.481 e. The summed E-state index contributed by atoms with van der Waals surface area (Å²) in [6.07, 6.45) is 3.26. The highest BCUT2D eigenvalue weighted by molar-refractivity contribution is 7.20. The Morgan fingerprint density at radius 2 is 1.09 bits per heavy atom. The Labute approximate surface area is 201 Å². The van der Waals surface area contributed by atoms with Crippen LogP contribution in [-0.4, -0.2) is 43.7 Å². The highest BCUT2D eigenvalue weighted by Crippen LogP contribution is 2.27. The molecule has 0 aliphatic heterocycles. The number of aromatic nitrogens is 2. The lowest BCUT2D eigenvalue weighted by Gasteiger charge is -1.95. The van der Waals surface area contributed by atoms with Crippen molar-refractivity contribution in [3.05, 3.63) is 57.5 Å². The van der Waals surface area contributed by atoms with Gasteiger partial charge in [-0.25, -0.2) is 9.97 Å².